The molecule has 0 aliphatic carbocycles. The van der Waals surface area contributed by atoms with E-state index in [1.807, 2.05) is 11.8 Å². The highest BCUT2D eigenvalue weighted by molar-refractivity contribution is 7.98. The quantitative estimate of drug-likeness (QED) is 0.427. The monoisotopic (exact) mass is 521 g/mol. The molecule has 36 heavy (non-hydrogen) atoms. The third-order valence-electron chi connectivity index (χ3n) is 6.66. The third kappa shape index (κ3) is 6.29. The number of alkyl halides is 3. The van der Waals surface area contributed by atoms with Crippen LogP contribution in [0.1, 0.15) is 54.7 Å². The number of carbonyl (C=O) groups excluding carboxylic acids is 2. The Kier molecular flexibility index (Phi) is 8.07. The largest absolute Gasteiger partial charge is 0.433 e. The van der Waals surface area contributed by atoms with E-state index >= 15 is 0 Å². The standard InChI is InChI=1S/C25H30F3N5O2S/c1-17-5-3-4-10-33(17)22-15-21(25(26,27)28)29-24(30-22)36-16-19-6-8-20(9-7-19)23(35)32-13-11-31(12-14-32)18(2)34/h6-9,15,17H,3-5,10-14,16H2,1-2H3. The molecule has 0 bridgehead atoms. The summed E-state index contributed by atoms with van der Waals surface area (Å²) in [4.78, 5) is 37.9. The normalized spacial score (nSPS) is 18.9. The number of hydrogen-bond donors (Lipinski definition) is 0. The molecule has 2 aliphatic heterocycles. The van der Waals surface area contributed by atoms with Gasteiger partial charge in [-0.25, -0.2) is 9.97 Å². The lowest BCUT2D eigenvalue weighted by Gasteiger charge is -2.34. The molecular weight excluding hydrogens is 491 g/mol. The van der Waals surface area contributed by atoms with Gasteiger partial charge >= 0.3 is 6.18 Å². The fourth-order valence-electron chi connectivity index (χ4n) is 4.51. The second-order valence-electron chi connectivity index (χ2n) is 9.21. The lowest BCUT2D eigenvalue weighted by molar-refractivity contribution is -0.141. The van der Waals surface area contributed by atoms with Crippen molar-refractivity contribution in [3.8, 4) is 0 Å². The van der Waals surface area contributed by atoms with E-state index in [4.69, 9.17) is 0 Å². The van der Waals surface area contributed by atoms with Crippen molar-refractivity contribution in [3.05, 3.63) is 47.2 Å². The van der Waals surface area contributed by atoms with Gasteiger partial charge in [-0.15, -0.1) is 0 Å². The second kappa shape index (κ2) is 11.1. The zero-order chi connectivity index (χ0) is 25.9. The van der Waals surface area contributed by atoms with Gasteiger partial charge < -0.3 is 14.7 Å². The number of piperidine rings is 1. The maximum absolute atomic E-state index is 13.5. The van der Waals surface area contributed by atoms with E-state index in [-0.39, 0.29) is 23.0 Å². The predicted octanol–water partition coefficient (Wildman–Crippen LogP) is 4.47. The molecular formula is C25H30F3N5O2S. The number of nitrogens with zero attached hydrogens (tertiary/aromatic N) is 5. The predicted molar refractivity (Wildman–Crippen MR) is 132 cm³/mol. The molecule has 2 saturated heterocycles. The molecule has 1 atom stereocenters. The Hall–Kier alpha value is -2.82. The highest BCUT2D eigenvalue weighted by atomic mass is 32.2. The van der Waals surface area contributed by atoms with Crippen molar-refractivity contribution in [1.29, 1.82) is 0 Å². The number of carbonyl (C=O) groups is 2. The number of rotatable bonds is 5. The lowest BCUT2D eigenvalue weighted by Crippen LogP contribution is -2.50. The van der Waals surface area contributed by atoms with Crippen LogP contribution < -0.4 is 4.90 Å². The van der Waals surface area contributed by atoms with Crippen LogP contribution >= 0.6 is 11.8 Å². The smallest absolute Gasteiger partial charge is 0.354 e. The van der Waals surface area contributed by atoms with Gasteiger partial charge in [0.25, 0.3) is 5.91 Å². The summed E-state index contributed by atoms with van der Waals surface area (Å²) in [6, 6.07) is 8.22. The van der Waals surface area contributed by atoms with Gasteiger partial charge in [0.15, 0.2) is 10.9 Å². The summed E-state index contributed by atoms with van der Waals surface area (Å²) < 4.78 is 40.6. The second-order valence-corrected chi connectivity index (χ2v) is 10.2. The van der Waals surface area contributed by atoms with Gasteiger partial charge in [0.1, 0.15) is 5.82 Å². The van der Waals surface area contributed by atoms with Crippen molar-refractivity contribution in [3.63, 3.8) is 0 Å². The minimum Gasteiger partial charge on any atom is -0.354 e. The summed E-state index contributed by atoms with van der Waals surface area (Å²) >= 11 is 1.15. The molecule has 11 heteroatoms. The highest BCUT2D eigenvalue weighted by Gasteiger charge is 2.35. The summed E-state index contributed by atoms with van der Waals surface area (Å²) in [5.41, 5.74) is 0.460. The number of aromatic nitrogens is 2. The van der Waals surface area contributed by atoms with Crippen molar-refractivity contribution in [2.24, 2.45) is 0 Å². The average Bonchev–Trinajstić information content (AvgIpc) is 2.87. The number of benzene rings is 1. The number of amides is 2. The van der Waals surface area contributed by atoms with E-state index in [0.717, 1.165) is 42.7 Å². The van der Waals surface area contributed by atoms with Crippen LogP contribution in [0.15, 0.2) is 35.5 Å². The lowest BCUT2D eigenvalue weighted by atomic mass is 10.0. The Morgan fingerprint density at radius 3 is 2.28 bits per heavy atom. The van der Waals surface area contributed by atoms with Crippen LogP contribution in [0.2, 0.25) is 0 Å². The van der Waals surface area contributed by atoms with Gasteiger partial charge in [0.2, 0.25) is 5.91 Å². The number of thioether (sulfide) groups is 1. The Labute approximate surface area is 213 Å². The zero-order valence-corrected chi connectivity index (χ0v) is 21.2. The van der Waals surface area contributed by atoms with Crippen molar-refractivity contribution in [2.45, 2.75) is 56.2 Å². The number of anilines is 1. The van der Waals surface area contributed by atoms with Crippen LogP contribution in [0, 0.1) is 0 Å². The molecule has 2 fully saturated rings. The molecule has 2 aromatic rings. The zero-order valence-electron chi connectivity index (χ0n) is 20.4. The molecule has 0 spiro atoms. The van der Waals surface area contributed by atoms with Gasteiger partial charge in [-0.3, -0.25) is 9.59 Å². The van der Waals surface area contributed by atoms with Crippen LogP contribution in [-0.4, -0.2) is 70.3 Å². The first kappa shape index (κ1) is 26.2. The Morgan fingerprint density at radius 2 is 1.67 bits per heavy atom. The van der Waals surface area contributed by atoms with Crippen LogP contribution in [-0.2, 0) is 16.7 Å². The van der Waals surface area contributed by atoms with Gasteiger partial charge in [0, 0.05) is 63.1 Å². The molecule has 7 nitrogen and oxygen atoms in total. The summed E-state index contributed by atoms with van der Waals surface area (Å²) in [6.45, 7) is 6.22. The van der Waals surface area contributed by atoms with E-state index in [2.05, 4.69) is 9.97 Å². The third-order valence-corrected chi connectivity index (χ3v) is 7.58. The molecule has 1 aromatic heterocycles. The number of hydrogen-bond acceptors (Lipinski definition) is 6. The van der Waals surface area contributed by atoms with Crippen molar-refractivity contribution in [2.75, 3.05) is 37.6 Å². The fraction of sp³-hybridized carbons (Fsp3) is 0.520. The molecule has 2 aliphatic rings. The van der Waals surface area contributed by atoms with Crippen molar-refractivity contribution >= 4 is 29.4 Å². The first-order chi connectivity index (χ1) is 17.1. The molecule has 1 unspecified atom stereocenters. The minimum absolute atomic E-state index is 0.00580. The summed E-state index contributed by atoms with van der Waals surface area (Å²) in [7, 11) is 0. The van der Waals surface area contributed by atoms with E-state index in [1.165, 1.54) is 6.92 Å². The summed E-state index contributed by atoms with van der Waals surface area (Å²) in [5, 5.41) is 0.0843. The number of piperazine rings is 1. The molecule has 1 aromatic carbocycles. The Balaban J connectivity index is 1.42. The number of halogens is 3. The van der Waals surface area contributed by atoms with E-state index in [0.29, 0.717) is 49.9 Å². The van der Waals surface area contributed by atoms with Gasteiger partial charge in [0.05, 0.1) is 0 Å². The van der Waals surface area contributed by atoms with Gasteiger partial charge in [-0.2, -0.15) is 13.2 Å². The molecule has 194 valence electrons. The van der Waals surface area contributed by atoms with Gasteiger partial charge in [-0.05, 0) is 43.9 Å². The molecule has 0 N–H and O–H groups in total. The molecule has 0 radical (unpaired) electrons. The average molecular weight is 522 g/mol. The molecule has 3 heterocycles. The van der Waals surface area contributed by atoms with Crippen molar-refractivity contribution < 1.29 is 22.8 Å². The van der Waals surface area contributed by atoms with E-state index in [9.17, 15) is 22.8 Å². The fourth-order valence-corrected chi connectivity index (χ4v) is 5.32. The van der Waals surface area contributed by atoms with Crippen molar-refractivity contribution in [1.82, 2.24) is 19.8 Å². The van der Waals surface area contributed by atoms with Crippen LogP contribution in [0.25, 0.3) is 0 Å². The van der Waals surface area contributed by atoms with Crippen LogP contribution in [0.5, 0.6) is 0 Å². The van der Waals surface area contributed by atoms with Crippen LogP contribution in [0.3, 0.4) is 0 Å². The first-order valence-corrected chi connectivity index (χ1v) is 13.1. The Morgan fingerprint density at radius 1 is 1.00 bits per heavy atom. The van der Waals surface area contributed by atoms with E-state index in [1.54, 1.807) is 34.1 Å². The molecule has 2 amide bonds. The molecule has 4 rings (SSSR count). The van der Waals surface area contributed by atoms with E-state index < -0.39 is 11.9 Å². The summed E-state index contributed by atoms with van der Waals surface area (Å²) in [5.74, 6) is 0.602. The Bertz CT molecular complexity index is 1090. The van der Waals surface area contributed by atoms with Crippen LogP contribution in [0.4, 0.5) is 19.0 Å². The first-order valence-electron chi connectivity index (χ1n) is 12.1. The maximum Gasteiger partial charge on any atom is 0.433 e. The summed E-state index contributed by atoms with van der Waals surface area (Å²) in [6.07, 6.45) is -1.64. The van der Waals surface area contributed by atoms with Gasteiger partial charge in [-0.1, -0.05) is 23.9 Å². The SMILES string of the molecule is CC(=O)N1CCN(C(=O)c2ccc(CSc3nc(N4CCCCC4C)cc(C(F)(F)F)n3)cc2)CC1. The maximum atomic E-state index is 13.5. The minimum atomic E-state index is -4.55. The topological polar surface area (TPSA) is 69.6 Å². The highest BCUT2D eigenvalue weighted by Crippen LogP contribution is 2.34. The molecule has 0 saturated carbocycles.